The van der Waals surface area contributed by atoms with Crippen molar-refractivity contribution in [2.24, 2.45) is 0 Å². The number of halogens is 1. The maximum absolute atomic E-state index is 13.5. The summed E-state index contributed by atoms with van der Waals surface area (Å²) in [6.07, 6.45) is 1.41. The van der Waals surface area contributed by atoms with Crippen molar-refractivity contribution in [1.82, 2.24) is 10.6 Å². The first-order valence-electron chi connectivity index (χ1n) is 4.76. The van der Waals surface area contributed by atoms with E-state index < -0.39 is 17.2 Å². The summed E-state index contributed by atoms with van der Waals surface area (Å²) < 4.78 is 13.5. The van der Waals surface area contributed by atoms with E-state index in [2.05, 4.69) is 10.6 Å². The number of hydrogen-bond acceptors (Lipinski definition) is 2. The fraction of sp³-hybridized carbons (Fsp3) is 0.778. The minimum Gasteiger partial charge on any atom is -0.323 e. The van der Waals surface area contributed by atoms with Gasteiger partial charge in [0.05, 0.1) is 0 Å². The second kappa shape index (κ2) is 2.68. The average Bonchev–Trinajstić information content (AvgIpc) is 2.35. The Balaban J connectivity index is 2.13. The van der Waals surface area contributed by atoms with Gasteiger partial charge in [-0.05, 0) is 32.6 Å². The summed E-state index contributed by atoms with van der Waals surface area (Å²) in [6, 6.07) is -0.461. The van der Waals surface area contributed by atoms with Crippen LogP contribution in [-0.4, -0.2) is 23.1 Å². The van der Waals surface area contributed by atoms with Crippen molar-refractivity contribution in [2.45, 2.75) is 43.8 Å². The summed E-state index contributed by atoms with van der Waals surface area (Å²) >= 11 is 0. The third kappa shape index (κ3) is 1.36. The Bertz CT molecular complexity index is 291. The molecule has 1 spiro atoms. The second-order valence-electron chi connectivity index (χ2n) is 4.40. The molecule has 2 aliphatic rings. The second-order valence-corrected chi connectivity index (χ2v) is 4.40. The van der Waals surface area contributed by atoms with E-state index in [1.54, 1.807) is 0 Å². The molecule has 0 aromatic carbocycles. The maximum Gasteiger partial charge on any atom is 0.322 e. The zero-order valence-electron chi connectivity index (χ0n) is 8.02. The van der Waals surface area contributed by atoms with Crippen LogP contribution in [0.1, 0.15) is 32.6 Å². The highest BCUT2D eigenvalue weighted by Crippen LogP contribution is 2.38. The molecule has 1 heterocycles. The van der Waals surface area contributed by atoms with Crippen molar-refractivity contribution in [3.63, 3.8) is 0 Å². The van der Waals surface area contributed by atoms with Gasteiger partial charge in [0.1, 0.15) is 11.2 Å². The van der Waals surface area contributed by atoms with E-state index in [0.29, 0.717) is 25.7 Å². The summed E-state index contributed by atoms with van der Waals surface area (Å²) in [6.45, 7) is 1.54. The molecule has 0 atom stereocenters. The van der Waals surface area contributed by atoms with Gasteiger partial charge in [-0.3, -0.25) is 10.1 Å². The molecule has 1 aliphatic heterocycles. The molecule has 0 radical (unpaired) electrons. The number of imide groups is 1. The SMILES string of the molecule is CC1(F)CCC2(CC1)NC(=O)NC2=O. The molecule has 0 aromatic heterocycles. The summed E-state index contributed by atoms with van der Waals surface area (Å²) in [7, 11) is 0. The van der Waals surface area contributed by atoms with Gasteiger partial charge in [-0.1, -0.05) is 0 Å². The van der Waals surface area contributed by atoms with Crippen molar-refractivity contribution in [3.8, 4) is 0 Å². The normalized spacial score (nSPS) is 42.4. The fourth-order valence-corrected chi connectivity index (χ4v) is 2.08. The molecule has 0 aromatic rings. The number of carbonyl (C=O) groups is 2. The molecule has 2 fully saturated rings. The number of amides is 3. The van der Waals surface area contributed by atoms with Crippen LogP contribution in [0.2, 0.25) is 0 Å². The monoisotopic (exact) mass is 200 g/mol. The first kappa shape index (κ1) is 9.43. The zero-order chi connectivity index (χ0) is 10.4. The Morgan fingerprint density at radius 3 is 2.21 bits per heavy atom. The van der Waals surface area contributed by atoms with Gasteiger partial charge < -0.3 is 5.32 Å². The molecular weight excluding hydrogens is 187 g/mol. The van der Waals surface area contributed by atoms with E-state index in [-0.39, 0.29) is 5.91 Å². The summed E-state index contributed by atoms with van der Waals surface area (Å²) in [5.41, 5.74) is -2.03. The minimum atomic E-state index is -1.20. The van der Waals surface area contributed by atoms with Crippen LogP contribution in [0.3, 0.4) is 0 Å². The molecule has 14 heavy (non-hydrogen) atoms. The predicted molar refractivity (Wildman–Crippen MR) is 47.4 cm³/mol. The lowest BCUT2D eigenvalue weighted by molar-refractivity contribution is -0.126. The van der Waals surface area contributed by atoms with Gasteiger partial charge in [0.2, 0.25) is 0 Å². The summed E-state index contributed by atoms with van der Waals surface area (Å²) in [5, 5.41) is 4.78. The standard InChI is InChI=1S/C9H13FN2O2/c1-8(10)2-4-9(5-3-8)6(13)11-7(14)12-9/h2-5H2,1H3,(H2,11,12,13,14). The zero-order valence-corrected chi connectivity index (χ0v) is 8.02. The van der Waals surface area contributed by atoms with Crippen LogP contribution in [0, 0.1) is 0 Å². The van der Waals surface area contributed by atoms with Gasteiger partial charge in [0.15, 0.2) is 0 Å². The van der Waals surface area contributed by atoms with E-state index in [4.69, 9.17) is 0 Å². The number of rotatable bonds is 0. The Morgan fingerprint density at radius 1 is 1.21 bits per heavy atom. The number of alkyl halides is 1. The van der Waals surface area contributed by atoms with Gasteiger partial charge in [-0.2, -0.15) is 0 Å². The number of urea groups is 1. The Kier molecular flexibility index (Phi) is 1.81. The van der Waals surface area contributed by atoms with Crippen LogP contribution in [0.5, 0.6) is 0 Å². The lowest BCUT2D eigenvalue weighted by Crippen LogP contribution is -2.51. The van der Waals surface area contributed by atoms with E-state index in [1.165, 1.54) is 6.92 Å². The molecule has 5 heteroatoms. The molecule has 1 saturated heterocycles. The molecule has 0 bridgehead atoms. The topological polar surface area (TPSA) is 58.2 Å². The highest BCUT2D eigenvalue weighted by molar-refractivity contribution is 6.07. The number of hydrogen-bond donors (Lipinski definition) is 2. The molecule has 0 unspecified atom stereocenters. The van der Waals surface area contributed by atoms with Crippen LogP contribution in [-0.2, 0) is 4.79 Å². The Hall–Kier alpha value is -1.13. The van der Waals surface area contributed by atoms with Crippen molar-refractivity contribution in [3.05, 3.63) is 0 Å². The fourth-order valence-electron chi connectivity index (χ4n) is 2.08. The van der Waals surface area contributed by atoms with E-state index in [0.717, 1.165) is 0 Å². The van der Waals surface area contributed by atoms with E-state index in [1.807, 2.05) is 0 Å². The van der Waals surface area contributed by atoms with Crippen molar-refractivity contribution < 1.29 is 14.0 Å². The van der Waals surface area contributed by atoms with E-state index >= 15 is 0 Å². The minimum absolute atomic E-state index is 0.307. The molecule has 3 amide bonds. The molecular formula is C9H13FN2O2. The predicted octanol–water partition coefficient (Wildman–Crippen LogP) is 0.867. The molecule has 4 nitrogen and oxygen atoms in total. The lowest BCUT2D eigenvalue weighted by atomic mass is 9.76. The number of carbonyl (C=O) groups excluding carboxylic acids is 2. The highest BCUT2D eigenvalue weighted by Gasteiger charge is 2.50. The van der Waals surface area contributed by atoms with Crippen molar-refractivity contribution in [2.75, 3.05) is 0 Å². The van der Waals surface area contributed by atoms with Crippen molar-refractivity contribution >= 4 is 11.9 Å². The molecule has 78 valence electrons. The smallest absolute Gasteiger partial charge is 0.322 e. The quantitative estimate of drug-likeness (QED) is 0.570. The van der Waals surface area contributed by atoms with Crippen LogP contribution in [0.25, 0.3) is 0 Å². The molecule has 2 rings (SSSR count). The first-order chi connectivity index (χ1) is 6.44. The van der Waals surface area contributed by atoms with Gasteiger partial charge in [-0.15, -0.1) is 0 Å². The van der Waals surface area contributed by atoms with Crippen molar-refractivity contribution in [1.29, 1.82) is 0 Å². The van der Waals surface area contributed by atoms with Gasteiger partial charge in [-0.25, -0.2) is 9.18 Å². The van der Waals surface area contributed by atoms with E-state index in [9.17, 15) is 14.0 Å². The highest BCUT2D eigenvalue weighted by atomic mass is 19.1. The average molecular weight is 200 g/mol. The van der Waals surface area contributed by atoms with Gasteiger partial charge >= 0.3 is 6.03 Å². The molecule has 1 aliphatic carbocycles. The lowest BCUT2D eigenvalue weighted by Gasteiger charge is -2.36. The van der Waals surface area contributed by atoms with Crippen LogP contribution >= 0.6 is 0 Å². The molecule has 2 N–H and O–H groups in total. The first-order valence-corrected chi connectivity index (χ1v) is 4.76. The molecule has 1 saturated carbocycles. The Labute approximate surface area is 81.2 Å². The number of nitrogens with one attached hydrogen (secondary N) is 2. The largest absolute Gasteiger partial charge is 0.323 e. The van der Waals surface area contributed by atoms with Crippen LogP contribution in [0.4, 0.5) is 9.18 Å². The van der Waals surface area contributed by atoms with Crippen LogP contribution < -0.4 is 10.6 Å². The van der Waals surface area contributed by atoms with Gasteiger partial charge in [0, 0.05) is 0 Å². The van der Waals surface area contributed by atoms with Crippen LogP contribution in [0.15, 0.2) is 0 Å². The summed E-state index contributed by atoms with van der Waals surface area (Å²) in [4.78, 5) is 22.4. The maximum atomic E-state index is 13.5. The summed E-state index contributed by atoms with van der Waals surface area (Å²) in [5.74, 6) is -0.307. The third-order valence-corrected chi connectivity index (χ3v) is 3.16. The Morgan fingerprint density at radius 2 is 1.79 bits per heavy atom. The third-order valence-electron chi connectivity index (χ3n) is 3.16. The van der Waals surface area contributed by atoms with Gasteiger partial charge in [0.25, 0.3) is 5.91 Å².